The lowest BCUT2D eigenvalue weighted by molar-refractivity contribution is -0.114. The predicted molar refractivity (Wildman–Crippen MR) is 72.1 cm³/mol. The first kappa shape index (κ1) is 14.2. The number of ketones is 1. The van der Waals surface area contributed by atoms with E-state index in [-0.39, 0.29) is 11.7 Å². The second-order valence-corrected chi connectivity index (χ2v) is 5.94. The largest absolute Gasteiger partial charge is 0.310 e. The zero-order chi connectivity index (χ0) is 12.8. The molecule has 0 bridgehead atoms. The molecule has 0 radical (unpaired) electrons. The van der Waals surface area contributed by atoms with Crippen LogP contribution in [0.3, 0.4) is 0 Å². The van der Waals surface area contributed by atoms with Crippen LogP contribution in [0, 0.1) is 0 Å². The van der Waals surface area contributed by atoms with E-state index >= 15 is 0 Å². The minimum atomic E-state index is -0.206. The van der Waals surface area contributed by atoms with Gasteiger partial charge in [-0.3, -0.25) is 9.59 Å². The van der Waals surface area contributed by atoms with Crippen LogP contribution in [0.15, 0.2) is 4.34 Å². The number of anilines is 1. The van der Waals surface area contributed by atoms with Gasteiger partial charge in [-0.15, -0.1) is 11.3 Å². The number of thiazole rings is 1. The molecular formula is C11H16N2O2S2. The quantitative estimate of drug-likeness (QED) is 0.491. The first-order valence-corrected chi connectivity index (χ1v) is 7.27. The van der Waals surface area contributed by atoms with Gasteiger partial charge < -0.3 is 5.32 Å². The molecule has 1 N–H and O–H groups in total. The van der Waals surface area contributed by atoms with Crippen LogP contribution >= 0.6 is 23.1 Å². The molecule has 1 amide bonds. The number of rotatable bonds is 6. The summed E-state index contributed by atoms with van der Waals surface area (Å²) >= 11 is 2.98. The van der Waals surface area contributed by atoms with Crippen molar-refractivity contribution in [3.05, 3.63) is 4.88 Å². The van der Waals surface area contributed by atoms with E-state index in [1.54, 1.807) is 11.8 Å². The van der Waals surface area contributed by atoms with E-state index in [4.69, 9.17) is 0 Å². The van der Waals surface area contributed by atoms with Crippen LogP contribution in [0.25, 0.3) is 0 Å². The first-order chi connectivity index (χ1) is 8.04. The molecule has 94 valence electrons. The summed E-state index contributed by atoms with van der Waals surface area (Å²) in [5.41, 5.74) is 0. The van der Waals surface area contributed by atoms with Crippen LogP contribution in [0.5, 0.6) is 0 Å². The molecule has 4 nitrogen and oxygen atoms in total. The van der Waals surface area contributed by atoms with E-state index in [9.17, 15) is 9.59 Å². The van der Waals surface area contributed by atoms with E-state index in [1.807, 2.05) is 0 Å². The number of thioether (sulfide) groups is 1. The standard InChI is InChI=1S/C11H16N2O2S2/c1-4-5-6-16-11-13-10(12-8(3)15)9(17-11)7(2)14/h4-6H2,1-3H3,(H,12,15). The Hall–Kier alpha value is -0.880. The molecule has 17 heavy (non-hydrogen) atoms. The lowest BCUT2D eigenvalue weighted by Gasteiger charge is -1.97. The third kappa shape index (κ3) is 4.47. The van der Waals surface area contributed by atoms with Crippen molar-refractivity contribution in [3.8, 4) is 0 Å². The molecule has 1 aromatic rings. The first-order valence-electron chi connectivity index (χ1n) is 5.46. The van der Waals surface area contributed by atoms with E-state index in [0.717, 1.165) is 22.9 Å². The molecule has 0 atom stereocenters. The smallest absolute Gasteiger partial charge is 0.222 e. The molecular weight excluding hydrogens is 256 g/mol. The van der Waals surface area contributed by atoms with Crippen LogP contribution < -0.4 is 5.32 Å². The summed E-state index contributed by atoms with van der Waals surface area (Å²) in [5, 5.41) is 2.59. The van der Waals surface area contributed by atoms with Crippen molar-refractivity contribution in [2.24, 2.45) is 0 Å². The highest BCUT2D eigenvalue weighted by molar-refractivity contribution is 8.01. The molecule has 0 aliphatic rings. The van der Waals surface area contributed by atoms with Gasteiger partial charge in [0.1, 0.15) is 4.88 Å². The van der Waals surface area contributed by atoms with Crippen LogP contribution in [0.1, 0.15) is 43.3 Å². The lowest BCUT2D eigenvalue weighted by atomic mass is 10.3. The van der Waals surface area contributed by atoms with Gasteiger partial charge in [-0.1, -0.05) is 25.1 Å². The summed E-state index contributed by atoms with van der Waals surface area (Å²) in [6, 6.07) is 0. The number of hydrogen-bond donors (Lipinski definition) is 1. The van der Waals surface area contributed by atoms with Crippen molar-refractivity contribution in [1.29, 1.82) is 0 Å². The van der Waals surface area contributed by atoms with Crippen molar-refractivity contribution in [1.82, 2.24) is 4.98 Å². The SMILES string of the molecule is CCCCSc1nc(NC(C)=O)c(C(C)=O)s1. The van der Waals surface area contributed by atoms with Gasteiger partial charge >= 0.3 is 0 Å². The number of hydrogen-bond acceptors (Lipinski definition) is 5. The number of aromatic nitrogens is 1. The number of nitrogens with one attached hydrogen (secondary N) is 1. The predicted octanol–water partition coefficient (Wildman–Crippen LogP) is 3.20. The minimum absolute atomic E-state index is 0.0615. The third-order valence-electron chi connectivity index (χ3n) is 1.95. The molecule has 6 heteroatoms. The van der Waals surface area contributed by atoms with Crippen molar-refractivity contribution in [2.45, 2.75) is 38.0 Å². The number of Topliss-reactive ketones (excluding diaryl/α,β-unsaturated/α-hetero) is 1. The summed E-state index contributed by atoms with van der Waals surface area (Å²) in [5.74, 6) is 1.12. The zero-order valence-corrected chi connectivity index (χ0v) is 11.8. The van der Waals surface area contributed by atoms with Gasteiger partial charge in [-0.2, -0.15) is 0 Å². The highest BCUT2D eigenvalue weighted by Crippen LogP contribution is 2.31. The fourth-order valence-electron chi connectivity index (χ4n) is 1.16. The molecule has 0 aliphatic heterocycles. The second kappa shape index (κ2) is 6.76. The fraction of sp³-hybridized carbons (Fsp3) is 0.545. The molecule has 0 aromatic carbocycles. The summed E-state index contributed by atoms with van der Waals surface area (Å²) in [4.78, 5) is 27.2. The Kier molecular flexibility index (Phi) is 5.64. The van der Waals surface area contributed by atoms with Gasteiger partial charge in [-0.25, -0.2) is 4.98 Å². The van der Waals surface area contributed by atoms with Gasteiger partial charge in [0, 0.05) is 19.6 Å². The average molecular weight is 272 g/mol. The highest BCUT2D eigenvalue weighted by atomic mass is 32.2. The topological polar surface area (TPSA) is 59.1 Å². The Labute approximate surface area is 109 Å². The van der Waals surface area contributed by atoms with Gasteiger partial charge in [0.15, 0.2) is 15.9 Å². The van der Waals surface area contributed by atoms with Crippen LogP contribution in [0.2, 0.25) is 0 Å². The van der Waals surface area contributed by atoms with Crippen molar-refractivity contribution in [3.63, 3.8) is 0 Å². The number of unbranched alkanes of at least 4 members (excludes halogenated alkanes) is 1. The van der Waals surface area contributed by atoms with E-state index in [1.165, 1.54) is 25.2 Å². The Morgan fingerprint density at radius 1 is 1.41 bits per heavy atom. The maximum Gasteiger partial charge on any atom is 0.222 e. The summed E-state index contributed by atoms with van der Waals surface area (Å²) in [7, 11) is 0. The molecule has 0 fully saturated rings. The van der Waals surface area contributed by atoms with Crippen molar-refractivity contribution in [2.75, 3.05) is 11.1 Å². The Balaban J connectivity index is 2.80. The van der Waals surface area contributed by atoms with Crippen molar-refractivity contribution >= 4 is 40.6 Å². The summed E-state index contributed by atoms with van der Waals surface area (Å²) in [6.07, 6.45) is 2.26. The van der Waals surface area contributed by atoms with Gasteiger partial charge in [0.2, 0.25) is 5.91 Å². The highest BCUT2D eigenvalue weighted by Gasteiger charge is 2.15. The van der Waals surface area contributed by atoms with Crippen molar-refractivity contribution < 1.29 is 9.59 Å². The number of carbonyl (C=O) groups excluding carboxylic acids is 2. The molecule has 1 aromatic heterocycles. The number of nitrogens with zero attached hydrogens (tertiary/aromatic N) is 1. The number of carbonyl (C=O) groups is 2. The van der Waals surface area contributed by atoms with Gasteiger partial charge in [-0.05, 0) is 6.42 Å². The fourth-order valence-corrected chi connectivity index (χ4v) is 3.30. The zero-order valence-electron chi connectivity index (χ0n) is 10.2. The van der Waals surface area contributed by atoms with E-state index < -0.39 is 0 Å². The Morgan fingerprint density at radius 3 is 2.65 bits per heavy atom. The minimum Gasteiger partial charge on any atom is -0.310 e. The summed E-state index contributed by atoms with van der Waals surface area (Å²) < 4.78 is 0.840. The molecule has 0 saturated heterocycles. The molecule has 0 spiro atoms. The summed E-state index contributed by atoms with van der Waals surface area (Å²) in [6.45, 7) is 5.03. The van der Waals surface area contributed by atoms with E-state index in [2.05, 4.69) is 17.2 Å². The Morgan fingerprint density at radius 2 is 2.12 bits per heavy atom. The second-order valence-electron chi connectivity index (χ2n) is 3.60. The monoisotopic (exact) mass is 272 g/mol. The molecule has 1 heterocycles. The van der Waals surface area contributed by atoms with E-state index in [0.29, 0.717) is 10.7 Å². The molecule has 0 saturated carbocycles. The van der Waals surface area contributed by atoms with Crippen LogP contribution in [-0.4, -0.2) is 22.4 Å². The maximum atomic E-state index is 11.4. The molecule has 0 aliphatic carbocycles. The third-order valence-corrected chi connectivity index (χ3v) is 4.33. The number of amides is 1. The van der Waals surface area contributed by atoms with Gasteiger partial charge in [0.05, 0.1) is 0 Å². The Bertz CT molecular complexity index is 416. The van der Waals surface area contributed by atoms with Crippen LogP contribution in [0.4, 0.5) is 5.82 Å². The average Bonchev–Trinajstić information content (AvgIpc) is 2.60. The maximum absolute atomic E-state index is 11.4. The normalized spacial score (nSPS) is 10.3. The molecule has 1 rings (SSSR count). The van der Waals surface area contributed by atoms with Crippen LogP contribution in [-0.2, 0) is 4.79 Å². The lowest BCUT2D eigenvalue weighted by Crippen LogP contribution is -2.08. The van der Waals surface area contributed by atoms with Gasteiger partial charge in [0.25, 0.3) is 0 Å². The molecule has 0 unspecified atom stereocenters.